The quantitative estimate of drug-likeness (QED) is 0.753. The van der Waals surface area contributed by atoms with E-state index in [-0.39, 0.29) is 0 Å². The molecule has 0 saturated carbocycles. The summed E-state index contributed by atoms with van der Waals surface area (Å²) in [6.07, 6.45) is 0. The molecule has 0 fully saturated rings. The van der Waals surface area contributed by atoms with Crippen molar-refractivity contribution < 1.29 is 4.52 Å². The fourth-order valence-corrected chi connectivity index (χ4v) is 3.79. The molecule has 0 saturated heterocycles. The van der Waals surface area contributed by atoms with Crippen molar-refractivity contribution in [1.82, 2.24) is 0 Å². The normalized spacial score (nSPS) is 10.8. The van der Waals surface area contributed by atoms with Gasteiger partial charge in [-0.25, -0.2) is 0 Å². The zero-order valence-electron chi connectivity index (χ0n) is 10.5. The first-order valence-electron chi connectivity index (χ1n) is 5.69. The molecule has 2 aromatic rings. The van der Waals surface area contributed by atoms with Crippen molar-refractivity contribution in [2.24, 2.45) is 0 Å². The maximum absolute atomic E-state index is 5.75. The number of aryl methyl sites for hydroxylation is 2. The van der Waals surface area contributed by atoms with Crippen LogP contribution >= 0.6 is 8.15 Å². The second-order valence-corrected chi connectivity index (χ2v) is 5.97. The van der Waals surface area contributed by atoms with E-state index in [4.69, 9.17) is 4.52 Å². The van der Waals surface area contributed by atoms with Crippen LogP contribution in [0.15, 0.2) is 48.5 Å². The first kappa shape index (κ1) is 12.3. The molecule has 2 aromatic carbocycles. The highest BCUT2D eigenvalue weighted by Gasteiger charge is 2.16. The van der Waals surface area contributed by atoms with Crippen molar-refractivity contribution in [2.45, 2.75) is 13.8 Å². The number of hydrogen-bond donors (Lipinski definition) is 0. The largest absolute Gasteiger partial charge is 0.353 e. The molecule has 0 aromatic heterocycles. The molecule has 2 heteroatoms. The molecule has 0 bridgehead atoms. The number of rotatable bonds is 3. The van der Waals surface area contributed by atoms with Crippen LogP contribution in [0.4, 0.5) is 0 Å². The van der Waals surface area contributed by atoms with E-state index in [1.807, 2.05) is 0 Å². The standard InChI is InChI=1S/C15H17OP/c1-12-8-4-6-10-14(12)17(16-3)15-11-7-5-9-13(15)2/h4-11H,1-3H3. The summed E-state index contributed by atoms with van der Waals surface area (Å²) < 4.78 is 5.75. The summed E-state index contributed by atoms with van der Waals surface area (Å²) in [5.74, 6) is 0. The third kappa shape index (κ3) is 2.57. The highest BCUT2D eigenvalue weighted by molar-refractivity contribution is 7.68. The molecule has 0 aliphatic heterocycles. The Hall–Kier alpha value is -1.17. The molecule has 2 rings (SSSR count). The summed E-state index contributed by atoms with van der Waals surface area (Å²) in [7, 11) is 1.11. The zero-order valence-corrected chi connectivity index (χ0v) is 11.4. The molecular weight excluding hydrogens is 227 g/mol. The third-order valence-corrected chi connectivity index (χ3v) is 5.09. The van der Waals surface area contributed by atoms with Crippen LogP contribution in [0.3, 0.4) is 0 Å². The summed E-state index contributed by atoms with van der Waals surface area (Å²) in [4.78, 5) is 0. The van der Waals surface area contributed by atoms with Crippen molar-refractivity contribution in [1.29, 1.82) is 0 Å². The van der Waals surface area contributed by atoms with E-state index in [0.717, 1.165) is 0 Å². The summed E-state index contributed by atoms with van der Waals surface area (Å²) in [6, 6.07) is 16.9. The molecule has 0 spiro atoms. The van der Waals surface area contributed by atoms with E-state index >= 15 is 0 Å². The molecule has 0 unspecified atom stereocenters. The van der Waals surface area contributed by atoms with Crippen molar-refractivity contribution in [3.63, 3.8) is 0 Å². The van der Waals surface area contributed by atoms with Crippen molar-refractivity contribution in [3.8, 4) is 0 Å². The minimum Gasteiger partial charge on any atom is -0.353 e. The van der Waals surface area contributed by atoms with Gasteiger partial charge in [0.15, 0.2) is 0 Å². The van der Waals surface area contributed by atoms with E-state index in [9.17, 15) is 0 Å². The molecule has 0 aliphatic rings. The van der Waals surface area contributed by atoms with Gasteiger partial charge in [-0.15, -0.1) is 0 Å². The average Bonchev–Trinajstić information content (AvgIpc) is 2.34. The minimum atomic E-state index is -0.690. The Morgan fingerprint density at radius 1 is 0.765 bits per heavy atom. The van der Waals surface area contributed by atoms with Crippen LogP contribution in [0, 0.1) is 13.8 Å². The van der Waals surface area contributed by atoms with Gasteiger partial charge < -0.3 is 4.52 Å². The van der Waals surface area contributed by atoms with Crippen molar-refractivity contribution >= 4 is 18.8 Å². The predicted octanol–water partition coefficient (Wildman–Crippen LogP) is 3.30. The maximum atomic E-state index is 5.75. The highest BCUT2D eigenvalue weighted by Crippen LogP contribution is 2.35. The van der Waals surface area contributed by atoms with E-state index < -0.39 is 8.15 Å². The Labute approximate surface area is 104 Å². The van der Waals surface area contributed by atoms with Gasteiger partial charge in [-0.2, -0.15) is 0 Å². The Kier molecular flexibility index (Phi) is 3.93. The lowest BCUT2D eigenvalue weighted by molar-refractivity contribution is 0.474. The average molecular weight is 244 g/mol. The van der Waals surface area contributed by atoms with Gasteiger partial charge in [0.05, 0.1) is 8.15 Å². The van der Waals surface area contributed by atoms with Gasteiger partial charge in [0.2, 0.25) is 0 Å². The predicted molar refractivity (Wildman–Crippen MR) is 75.6 cm³/mol. The second kappa shape index (κ2) is 5.44. The van der Waals surface area contributed by atoms with Crippen LogP contribution in [-0.4, -0.2) is 7.11 Å². The Balaban J connectivity index is 2.48. The van der Waals surface area contributed by atoms with Gasteiger partial charge in [0.1, 0.15) is 0 Å². The summed E-state index contributed by atoms with van der Waals surface area (Å²) in [5.41, 5.74) is 2.59. The van der Waals surface area contributed by atoms with E-state index in [1.54, 1.807) is 7.11 Å². The fraction of sp³-hybridized carbons (Fsp3) is 0.200. The molecule has 0 aliphatic carbocycles. The summed E-state index contributed by atoms with van der Waals surface area (Å²) >= 11 is 0. The van der Waals surface area contributed by atoms with Gasteiger partial charge in [0, 0.05) is 17.7 Å². The second-order valence-electron chi connectivity index (χ2n) is 4.05. The maximum Gasteiger partial charge on any atom is 0.0918 e. The van der Waals surface area contributed by atoms with E-state index in [1.165, 1.54) is 21.7 Å². The van der Waals surface area contributed by atoms with Crippen LogP contribution in [0.5, 0.6) is 0 Å². The number of benzene rings is 2. The Morgan fingerprint density at radius 2 is 1.18 bits per heavy atom. The molecule has 88 valence electrons. The Morgan fingerprint density at radius 3 is 1.53 bits per heavy atom. The van der Waals surface area contributed by atoms with Gasteiger partial charge in [-0.3, -0.25) is 0 Å². The first-order chi connectivity index (χ1) is 8.24. The summed E-state index contributed by atoms with van der Waals surface area (Å²) in [5, 5.41) is 2.61. The lowest BCUT2D eigenvalue weighted by Gasteiger charge is -2.19. The van der Waals surface area contributed by atoms with Gasteiger partial charge >= 0.3 is 0 Å². The van der Waals surface area contributed by atoms with Crippen LogP contribution in [-0.2, 0) is 4.52 Å². The topological polar surface area (TPSA) is 9.23 Å². The first-order valence-corrected chi connectivity index (χ1v) is 6.95. The monoisotopic (exact) mass is 244 g/mol. The molecule has 0 radical (unpaired) electrons. The summed E-state index contributed by atoms with van der Waals surface area (Å²) in [6.45, 7) is 4.28. The third-order valence-electron chi connectivity index (χ3n) is 2.85. The Bertz CT molecular complexity index is 462. The molecule has 1 nitrogen and oxygen atoms in total. The minimum absolute atomic E-state index is 0.690. The molecule has 0 N–H and O–H groups in total. The van der Waals surface area contributed by atoms with Gasteiger partial charge in [-0.05, 0) is 25.0 Å². The molecular formula is C15H17OP. The molecule has 0 atom stereocenters. The van der Waals surface area contributed by atoms with Gasteiger partial charge in [0.25, 0.3) is 0 Å². The van der Waals surface area contributed by atoms with Crippen molar-refractivity contribution in [2.75, 3.05) is 7.11 Å². The van der Waals surface area contributed by atoms with E-state index in [0.29, 0.717) is 0 Å². The van der Waals surface area contributed by atoms with Crippen LogP contribution in [0.1, 0.15) is 11.1 Å². The molecule has 0 heterocycles. The van der Waals surface area contributed by atoms with Crippen LogP contribution < -0.4 is 10.6 Å². The SMILES string of the molecule is COP(c1ccccc1C)c1ccccc1C. The number of hydrogen-bond acceptors (Lipinski definition) is 1. The van der Waals surface area contributed by atoms with Crippen LogP contribution in [0.25, 0.3) is 0 Å². The fourth-order valence-electron chi connectivity index (χ4n) is 1.91. The zero-order chi connectivity index (χ0) is 12.3. The molecule has 17 heavy (non-hydrogen) atoms. The highest BCUT2D eigenvalue weighted by atomic mass is 31.1. The van der Waals surface area contributed by atoms with Crippen LogP contribution in [0.2, 0.25) is 0 Å². The van der Waals surface area contributed by atoms with Gasteiger partial charge in [-0.1, -0.05) is 48.5 Å². The van der Waals surface area contributed by atoms with E-state index in [2.05, 4.69) is 62.4 Å². The molecule has 0 amide bonds. The lowest BCUT2D eigenvalue weighted by atomic mass is 10.2. The lowest BCUT2D eigenvalue weighted by Crippen LogP contribution is -2.17. The van der Waals surface area contributed by atoms with Crippen molar-refractivity contribution in [3.05, 3.63) is 59.7 Å². The smallest absolute Gasteiger partial charge is 0.0918 e.